The number of phenolic OH excluding ortho intramolecular Hbond substituents is 1. The molecule has 6 rings (SSSR count). The van der Waals surface area contributed by atoms with Crippen molar-refractivity contribution in [2.24, 2.45) is 0 Å². The minimum absolute atomic E-state index is 0.136. The van der Waals surface area contributed by atoms with Crippen LogP contribution in [0.5, 0.6) is 11.5 Å². The van der Waals surface area contributed by atoms with Gasteiger partial charge in [-0.25, -0.2) is 9.37 Å². The van der Waals surface area contributed by atoms with Gasteiger partial charge < -0.3 is 20.1 Å². The maximum absolute atomic E-state index is 15.3. The van der Waals surface area contributed by atoms with Crippen LogP contribution in [-0.4, -0.2) is 62.0 Å². The molecule has 1 aliphatic carbocycles. The third-order valence-electron chi connectivity index (χ3n) is 7.19. The van der Waals surface area contributed by atoms with Crippen molar-refractivity contribution in [1.29, 1.82) is 0 Å². The average Bonchev–Trinajstić information content (AvgIpc) is 3.61. The predicted octanol–water partition coefficient (Wildman–Crippen LogP) is 4.40. The second-order valence-electron chi connectivity index (χ2n) is 9.77. The zero-order valence-electron chi connectivity index (χ0n) is 19.6. The molecule has 0 radical (unpaired) electrons. The average molecular weight is 516 g/mol. The Morgan fingerprint density at radius 3 is 2.54 bits per heavy atom. The maximum atomic E-state index is 15.3. The van der Waals surface area contributed by atoms with Gasteiger partial charge in [-0.2, -0.15) is 0 Å². The number of ether oxygens (including phenoxy) is 1. The number of alkyl halides is 4. The van der Waals surface area contributed by atoms with E-state index in [1.165, 1.54) is 24.5 Å². The number of piperidine rings is 1. The summed E-state index contributed by atoms with van der Waals surface area (Å²) in [5.41, 5.74) is 1.44. The number of benzene rings is 1. The molecule has 3 fully saturated rings. The first-order chi connectivity index (χ1) is 17.7. The lowest BCUT2D eigenvalue weighted by atomic mass is 9.96. The normalized spacial score (nSPS) is 25.2. The number of nitrogens with zero attached hydrogens (tertiary/aromatic N) is 5. The van der Waals surface area contributed by atoms with E-state index in [2.05, 4.69) is 30.2 Å². The van der Waals surface area contributed by atoms with E-state index in [1.54, 1.807) is 12.1 Å². The van der Waals surface area contributed by atoms with Crippen LogP contribution in [0.2, 0.25) is 0 Å². The molecule has 12 heteroatoms. The van der Waals surface area contributed by atoms with Gasteiger partial charge in [0.2, 0.25) is 5.95 Å². The van der Waals surface area contributed by atoms with Gasteiger partial charge in [0.25, 0.3) is 0 Å². The third-order valence-corrected chi connectivity index (χ3v) is 7.19. The summed E-state index contributed by atoms with van der Waals surface area (Å²) in [5, 5.41) is 22.6. The van der Waals surface area contributed by atoms with Gasteiger partial charge in [0.05, 0.1) is 18.4 Å². The van der Waals surface area contributed by atoms with Gasteiger partial charge in [0, 0.05) is 35.4 Å². The summed E-state index contributed by atoms with van der Waals surface area (Å²) < 4.78 is 56.8. The molecule has 0 unspecified atom stereocenters. The Hall–Kier alpha value is -3.54. The lowest BCUT2D eigenvalue weighted by Gasteiger charge is -2.40. The number of hydrogen-bond acceptors (Lipinski definition) is 8. The molecule has 1 saturated carbocycles. The van der Waals surface area contributed by atoms with Gasteiger partial charge in [0.1, 0.15) is 23.4 Å². The van der Waals surface area contributed by atoms with Crippen molar-refractivity contribution in [2.45, 2.75) is 68.8 Å². The largest absolute Gasteiger partial charge is 0.573 e. The Morgan fingerprint density at radius 1 is 1.00 bits per heavy atom. The van der Waals surface area contributed by atoms with Crippen molar-refractivity contribution in [3.8, 4) is 33.9 Å². The second kappa shape index (κ2) is 9.09. The molecule has 2 aliphatic heterocycles. The third kappa shape index (κ3) is 4.89. The minimum atomic E-state index is -4.84. The van der Waals surface area contributed by atoms with Crippen molar-refractivity contribution in [3.63, 3.8) is 0 Å². The summed E-state index contributed by atoms with van der Waals surface area (Å²) >= 11 is 0. The van der Waals surface area contributed by atoms with Gasteiger partial charge in [-0.3, -0.25) is 4.98 Å². The van der Waals surface area contributed by atoms with Crippen LogP contribution in [-0.2, 0) is 0 Å². The molecular weight excluding hydrogens is 492 g/mol. The summed E-state index contributed by atoms with van der Waals surface area (Å²) in [5.74, 6) is -0.234. The first kappa shape index (κ1) is 23.8. The summed E-state index contributed by atoms with van der Waals surface area (Å²) in [4.78, 5) is 10.3. The summed E-state index contributed by atoms with van der Waals surface area (Å²) in [6.07, 6.45) is 2.41. The van der Waals surface area contributed by atoms with Gasteiger partial charge in [-0.1, -0.05) is 6.07 Å². The van der Waals surface area contributed by atoms with Crippen molar-refractivity contribution < 1.29 is 27.4 Å². The molecule has 194 valence electrons. The Labute approximate surface area is 209 Å². The molecule has 37 heavy (non-hydrogen) atoms. The zero-order valence-corrected chi connectivity index (χ0v) is 19.6. The van der Waals surface area contributed by atoms with Crippen LogP contribution in [0.4, 0.5) is 23.5 Å². The fraction of sp³-hybridized carbons (Fsp3) is 0.440. The zero-order chi connectivity index (χ0) is 25.7. The van der Waals surface area contributed by atoms with Gasteiger partial charge in [-0.05, 0) is 55.9 Å². The summed E-state index contributed by atoms with van der Waals surface area (Å²) in [6.45, 7) is 0. The Kier molecular flexibility index (Phi) is 5.85. The van der Waals surface area contributed by atoms with Gasteiger partial charge in [-0.15, -0.1) is 23.4 Å². The molecule has 4 heterocycles. The lowest BCUT2D eigenvalue weighted by Crippen LogP contribution is -2.57. The molecule has 2 N–H and O–H groups in total. The van der Waals surface area contributed by atoms with Crippen molar-refractivity contribution >= 4 is 5.95 Å². The lowest BCUT2D eigenvalue weighted by molar-refractivity contribution is -0.274. The van der Waals surface area contributed by atoms with Crippen LogP contribution in [0.15, 0.2) is 42.9 Å². The molecule has 0 spiro atoms. The summed E-state index contributed by atoms with van der Waals surface area (Å²) in [7, 11) is 0. The topological polar surface area (TPSA) is 96.3 Å². The fourth-order valence-electron chi connectivity index (χ4n) is 5.38. The highest BCUT2D eigenvalue weighted by molar-refractivity contribution is 5.74. The van der Waals surface area contributed by atoms with Gasteiger partial charge in [0.15, 0.2) is 0 Å². The maximum Gasteiger partial charge on any atom is 0.573 e. The highest BCUT2D eigenvalue weighted by atomic mass is 19.4. The molecular formula is C25H24F4N6O2. The number of fused-ring (bicyclic) bond motifs is 2. The highest BCUT2D eigenvalue weighted by Crippen LogP contribution is 2.40. The van der Waals surface area contributed by atoms with E-state index in [4.69, 9.17) is 0 Å². The fourth-order valence-corrected chi connectivity index (χ4v) is 5.38. The number of phenols is 1. The number of nitrogens with one attached hydrogen (secondary N) is 1. The molecule has 2 bridgehead atoms. The van der Waals surface area contributed by atoms with Crippen molar-refractivity contribution in [2.75, 3.05) is 4.90 Å². The Morgan fingerprint density at radius 2 is 1.84 bits per heavy atom. The van der Waals surface area contributed by atoms with Crippen LogP contribution in [0.1, 0.15) is 32.1 Å². The smallest absolute Gasteiger partial charge is 0.507 e. The highest BCUT2D eigenvalue weighted by Gasteiger charge is 2.48. The first-order valence-electron chi connectivity index (χ1n) is 12.2. The van der Waals surface area contributed by atoms with Crippen LogP contribution in [0.3, 0.4) is 0 Å². The molecule has 2 aromatic heterocycles. The van der Waals surface area contributed by atoms with E-state index in [9.17, 15) is 18.3 Å². The number of aromatic nitrogens is 4. The number of hydrogen-bond donors (Lipinski definition) is 2. The van der Waals surface area contributed by atoms with E-state index < -0.39 is 18.3 Å². The molecule has 1 aromatic carbocycles. The number of halogens is 4. The number of anilines is 1. The van der Waals surface area contributed by atoms with E-state index in [1.807, 2.05) is 4.90 Å². The Balaban J connectivity index is 1.23. The van der Waals surface area contributed by atoms with Crippen LogP contribution in [0.25, 0.3) is 22.4 Å². The minimum Gasteiger partial charge on any atom is -0.507 e. The molecule has 0 amide bonds. The van der Waals surface area contributed by atoms with Crippen molar-refractivity contribution in [3.05, 3.63) is 42.9 Å². The predicted molar refractivity (Wildman–Crippen MR) is 126 cm³/mol. The van der Waals surface area contributed by atoms with Crippen LogP contribution < -0.4 is 15.0 Å². The molecule has 3 aromatic rings. The van der Waals surface area contributed by atoms with E-state index in [0.717, 1.165) is 31.9 Å². The molecule has 2 saturated heterocycles. The molecule has 4 atom stereocenters. The quantitative estimate of drug-likeness (QED) is 0.466. The van der Waals surface area contributed by atoms with Crippen molar-refractivity contribution in [1.82, 2.24) is 25.5 Å². The monoisotopic (exact) mass is 516 g/mol. The second-order valence-corrected chi connectivity index (χ2v) is 9.77. The number of aromatic hydroxyl groups is 1. The van der Waals surface area contributed by atoms with E-state index in [-0.39, 0.29) is 23.9 Å². The van der Waals surface area contributed by atoms with Crippen LogP contribution in [0, 0.1) is 0 Å². The summed E-state index contributed by atoms with van der Waals surface area (Å²) in [6, 6.07) is 5.86. The molecule has 8 nitrogen and oxygen atoms in total. The van der Waals surface area contributed by atoms with E-state index in [0.29, 0.717) is 40.8 Å². The first-order valence-corrected chi connectivity index (χ1v) is 12.2. The number of pyridine rings is 1. The Bertz CT molecular complexity index is 1290. The van der Waals surface area contributed by atoms with Crippen LogP contribution >= 0.6 is 0 Å². The van der Waals surface area contributed by atoms with Gasteiger partial charge >= 0.3 is 6.36 Å². The van der Waals surface area contributed by atoms with E-state index >= 15 is 4.39 Å². The standard InChI is InChI=1S/C25H24F4N6O2/c26-23-19-6-2-15(32-19)9-21(23)35(16-3-4-16)24-31-12-20(33-34-24)18-5-1-13(8-22(18)36)14-7-17(11-30-10-14)37-25(27,28)29/h1,5,7-8,10-12,15-16,19,21,23,32,36H,2-4,6,9H2/t15-,19-,21+,23-/m0/s1. The SMILES string of the molecule is Oc1cc(-c2cncc(OC(F)(F)F)c2)ccc1-c1cnc(N(C2CC2)[C@@H]2C[C@@H]3CC[C@H](N3)[C@@H]2F)nn1. The number of rotatable bonds is 6. The molecule has 3 aliphatic rings.